The summed E-state index contributed by atoms with van der Waals surface area (Å²) in [6.07, 6.45) is 2.44. The summed E-state index contributed by atoms with van der Waals surface area (Å²) in [6, 6.07) is 6.65. The van der Waals surface area contributed by atoms with E-state index in [1.165, 1.54) is 24.9 Å². The molecule has 4 heteroatoms. The van der Waals surface area contributed by atoms with Crippen molar-refractivity contribution >= 4 is 15.9 Å². The second-order valence-corrected chi connectivity index (χ2v) is 6.32. The van der Waals surface area contributed by atoms with Crippen molar-refractivity contribution < 1.29 is 4.74 Å². The van der Waals surface area contributed by atoms with Crippen LogP contribution in [0.25, 0.3) is 0 Å². The molecule has 1 aromatic carbocycles. The van der Waals surface area contributed by atoms with E-state index < -0.39 is 0 Å². The van der Waals surface area contributed by atoms with Crippen molar-refractivity contribution in [3.63, 3.8) is 0 Å². The molecule has 0 saturated carbocycles. The van der Waals surface area contributed by atoms with Crippen LogP contribution in [0.2, 0.25) is 0 Å². The van der Waals surface area contributed by atoms with Crippen LogP contribution in [0.1, 0.15) is 39.2 Å². The van der Waals surface area contributed by atoms with Crippen molar-refractivity contribution in [1.82, 2.24) is 10.2 Å². The predicted octanol–water partition coefficient (Wildman–Crippen LogP) is 4.06. The first kappa shape index (κ1) is 18.5. The van der Waals surface area contributed by atoms with E-state index in [1.807, 2.05) is 12.1 Å². The number of nitrogens with one attached hydrogen (secondary N) is 1. The maximum absolute atomic E-state index is 5.41. The number of hydrogen-bond acceptors (Lipinski definition) is 3. The Labute approximate surface area is 138 Å². The SMILES string of the molecule is CCN(CC)CCCC(C)NCc1cc(Br)ccc1OC. The zero-order chi connectivity index (χ0) is 15.7. The largest absolute Gasteiger partial charge is 0.496 e. The lowest BCUT2D eigenvalue weighted by atomic mass is 10.1. The molecule has 0 bridgehead atoms. The van der Waals surface area contributed by atoms with Crippen molar-refractivity contribution in [3.05, 3.63) is 28.2 Å². The molecule has 0 aromatic heterocycles. The van der Waals surface area contributed by atoms with Gasteiger partial charge in [-0.2, -0.15) is 0 Å². The van der Waals surface area contributed by atoms with Gasteiger partial charge in [-0.25, -0.2) is 0 Å². The van der Waals surface area contributed by atoms with Gasteiger partial charge in [-0.05, 0) is 57.6 Å². The summed E-state index contributed by atoms with van der Waals surface area (Å²) in [5.41, 5.74) is 1.20. The van der Waals surface area contributed by atoms with Crippen molar-refractivity contribution in [2.75, 3.05) is 26.7 Å². The van der Waals surface area contributed by atoms with Gasteiger partial charge in [0.1, 0.15) is 5.75 Å². The van der Waals surface area contributed by atoms with Gasteiger partial charge >= 0.3 is 0 Å². The topological polar surface area (TPSA) is 24.5 Å². The molecule has 1 unspecified atom stereocenters. The Morgan fingerprint density at radius 2 is 2.00 bits per heavy atom. The first-order chi connectivity index (χ1) is 10.1. The Bertz CT molecular complexity index is 408. The molecular formula is C17H29BrN2O. The Morgan fingerprint density at radius 3 is 2.62 bits per heavy atom. The highest BCUT2D eigenvalue weighted by Gasteiger charge is 2.07. The van der Waals surface area contributed by atoms with E-state index in [4.69, 9.17) is 4.74 Å². The summed E-state index contributed by atoms with van der Waals surface area (Å²) < 4.78 is 6.50. The molecule has 120 valence electrons. The Kier molecular flexibility index (Phi) is 8.97. The van der Waals surface area contributed by atoms with Gasteiger partial charge in [0.15, 0.2) is 0 Å². The monoisotopic (exact) mass is 356 g/mol. The van der Waals surface area contributed by atoms with E-state index in [0.717, 1.165) is 29.9 Å². The minimum atomic E-state index is 0.518. The summed E-state index contributed by atoms with van der Waals surface area (Å²) in [5, 5.41) is 3.59. The second-order valence-electron chi connectivity index (χ2n) is 5.41. The summed E-state index contributed by atoms with van der Waals surface area (Å²) in [6.45, 7) is 11.0. The van der Waals surface area contributed by atoms with Gasteiger partial charge < -0.3 is 15.0 Å². The first-order valence-electron chi connectivity index (χ1n) is 7.88. The molecule has 0 aliphatic rings. The molecule has 3 nitrogen and oxygen atoms in total. The molecule has 0 heterocycles. The predicted molar refractivity (Wildman–Crippen MR) is 94.0 cm³/mol. The molecule has 1 aromatic rings. The number of nitrogens with zero attached hydrogens (tertiary/aromatic N) is 1. The Hall–Kier alpha value is -0.580. The molecule has 1 atom stereocenters. The lowest BCUT2D eigenvalue weighted by Gasteiger charge is -2.20. The normalized spacial score (nSPS) is 12.7. The van der Waals surface area contributed by atoms with Crippen LogP contribution in [0, 0.1) is 0 Å². The summed E-state index contributed by atoms with van der Waals surface area (Å²) >= 11 is 3.52. The van der Waals surface area contributed by atoms with Crippen LogP contribution < -0.4 is 10.1 Å². The average molecular weight is 357 g/mol. The zero-order valence-electron chi connectivity index (χ0n) is 13.8. The summed E-state index contributed by atoms with van der Waals surface area (Å²) in [5.74, 6) is 0.945. The number of methoxy groups -OCH3 is 1. The molecule has 0 fully saturated rings. The van der Waals surface area contributed by atoms with Gasteiger partial charge in [-0.3, -0.25) is 0 Å². The maximum atomic E-state index is 5.41. The van der Waals surface area contributed by atoms with Gasteiger partial charge in [0, 0.05) is 22.6 Å². The maximum Gasteiger partial charge on any atom is 0.123 e. The molecule has 1 rings (SSSR count). The molecule has 0 aliphatic carbocycles. The molecule has 0 saturated heterocycles. The van der Waals surface area contributed by atoms with Gasteiger partial charge in [0.25, 0.3) is 0 Å². The number of benzene rings is 1. The Morgan fingerprint density at radius 1 is 1.29 bits per heavy atom. The highest BCUT2D eigenvalue weighted by molar-refractivity contribution is 9.10. The Balaban J connectivity index is 2.36. The van der Waals surface area contributed by atoms with E-state index in [0.29, 0.717) is 6.04 Å². The molecule has 21 heavy (non-hydrogen) atoms. The van der Waals surface area contributed by atoms with Crippen LogP contribution >= 0.6 is 15.9 Å². The van der Waals surface area contributed by atoms with Crippen LogP contribution in [0.4, 0.5) is 0 Å². The number of hydrogen-bond donors (Lipinski definition) is 1. The molecule has 1 N–H and O–H groups in total. The standard InChI is InChI=1S/C17H29BrN2O/c1-5-20(6-2)11-7-8-14(3)19-13-15-12-16(18)9-10-17(15)21-4/h9-10,12,14,19H,5-8,11,13H2,1-4H3. The molecule has 0 spiro atoms. The fourth-order valence-corrected chi connectivity index (χ4v) is 2.84. The molecule has 0 aliphatic heterocycles. The first-order valence-corrected chi connectivity index (χ1v) is 8.68. The van der Waals surface area contributed by atoms with Crippen molar-refractivity contribution in [3.8, 4) is 5.75 Å². The third-order valence-electron chi connectivity index (χ3n) is 3.89. The lowest BCUT2D eigenvalue weighted by Crippen LogP contribution is -2.28. The van der Waals surface area contributed by atoms with E-state index in [1.54, 1.807) is 7.11 Å². The van der Waals surface area contributed by atoms with Gasteiger partial charge in [-0.15, -0.1) is 0 Å². The fourth-order valence-electron chi connectivity index (χ4n) is 2.43. The van der Waals surface area contributed by atoms with Gasteiger partial charge in [0.05, 0.1) is 7.11 Å². The van der Waals surface area contributed by atoms with Crippen molar-refractivity contribution in [1.29, 1.82) is 0 Å². The van der Waals surface area contributed by atoms with Crippen LogP contribution in [-0.2, 0) is 6.54 Å². The number of halogens is 1. The molecule has 0 radical (unpaired) electrons. The van der Waals surface area contributed by atoms with Crippen molar-refractivity contribution in [2.45, 2.75) is 46.2 Å². The fraction of sp³-hybridized carbons (Fsp3) is 0.647. The van der Waals surface area contributed by atoms with Crippen LogP contribution in [0.5, 0.6) is 5.75 Å². The molecule has 0 amide bonds. The van der Waals surface area contributed by atoms with Crippen LogP contribution in [0.3, 0.4) is 0 Å². The minimum absolute atomic E-state index is 0.518. The van der Waals surface area contributed by atoms with Crippen LogP contribution in [0.15, 0.2) is 22.7 Å². The number of ether oxygens (including phenoxy) is 1. The minimum Gasteiger partial charge on any atom is -0.496 e. The third kappa shape index (κ3) is 6.81. The quantitative estimate of drug-likeness (QED) is 0.684. The van der Waals surface area contributed by atoms with Gasteiger partial charge in [0.2, 0.25) is 0 Å². The van der Waals surface area contributed by atoms with E-state index >= 15 is 0 Å². The van der Waals surface area contributed by atoms with Gasteiger partial charge in [-0.1, -0.05) is 29.8 Å². The lowest BCUT2D eigenvalue weighted by molar-refractivity contribution is 0.290. The van der Waals surface area contributed by atoms with Crippen molar-refractivity contribution in [2.24, 2.45) is 0 Å². The summed E-state index contributed by atoms with van der Waals surface area (Å²) in [7, 11) is 1.72. The second kappa shape index (κ2) is 10.2. The average Bonchev–Trinajstić information content (AvgIpc) is 2.49. The third-order valence-corrected chi connectivity index (χ3v) is 4.38. The molecular weight excluding hydrogens is 328 g/mol. The van der Waals surface area contributed by atoms with E-state index in [9.17, 15) is 0 Å². The smallest absolute Gasteiger partial charge is 0.123 e. The summed E-state index contributed by atoms with van der Waals surface area (Å²) in [4.78, 5) is 2.48. The van der Waals surface area contributed by atoms with E-state index in [-0.39, 0.29) is 0 Å². The van der Waals surface area contributed by atoms with Crippen LogP contribution in [-0.4, -0.2) is 37.7 Å². The highest BCUT2D eigenvalue weighted by Crippen LogP contribution is 2.22. The number of rotatable bonds is 10. The highest BCUT2D eigenvalue weighted by atomic mass is 79.9. The van der Waals surface area contributed by atoms with E-state index in [2.05, 4.69) is 53.0 Å². The zero-order valence-corrected chi connectivity index (χ0v) is 15.4.